The van der Waals surface area contributed by atoms with Crippen LogP contribution >= 0.6 is 0 Å². The normalized spacial score (nSPS) is 11.5. The Hall–Kier alpha value is -2.04. The molecular formula is C12H9F3N2. The molecule has 2 aromatic rings. The summed E-state index contributed by atoms with van der Waals surface area (Å²) in [7, 11) is 0. The first kappa shape index (κ1) is 11.4. The van der Waals surface area contributed by atoms with E-state index < -0.39 is 11.7 Å². The average molecular weight is 238 g/mol. The molecule has 0 bridgehead atoms. The Labute approximate surface area is 95.9 Å². The van der Waals surface area contributed by atoms with Gasteiger partial charge >= 0.3 is 6.18 Å². The Balaban J connectivity index is 2.46. The van der Waals surface area contributed by atoms with Gasteiger partial charge in [-0.15, -0.1) is 0 Å². The van der Waals surface area contributed by atoms with Gasteiger partial charge in [0, 0.05) is 11.8 Å². The van der Waals surface area contributed by atoms with Crippen LogP contribution in [0.4, 0.5) is 18.9 Å². The van der Waals surface area contributed by atoms with Gasteiger partial charge in [0.15, 0.2) is 0 Å². The molecule has 1 aromatic carbocycles. The lowest BCUT2D eigenvalue weighted by molar-refractivity contribution is -0.137. The number of aromatic nitrogens is 1. The second kappa shape index (κ2) is 4.08. The summed E-state index contributed by atoms with van der Waals surface area (Å²) in [4.78, 5) is 3.77. The van der Waals surface area contributed by atoms with Gasteiger partial charge in [0.25, 0.3) is 0 Å². The third kappa shape index (κ3) is 2.38. The van der Waals surface area contributed by atoms with Gasteiger partial charge < -0.3 is 5.73 Å². The number of hydrogen-bond acceptors (Lipinski definition) is 2. The molecule has 0 amide bonds. The molecule has 0 spiro atoms. The summed E-state index contributed by atoms with van der Waals surface area (Å²) in [6, 6.07) is 9.74. The molecule has 0 saturated heterocycles. The van der Waals surface area contributed by atoms with Gasteiger partial charge in [0.05, 0.1) is 16.9 Å². The van der Waals surface area contributed by atoms with Crippen molar-refractivity contribution in [3.8, 4) is 11.3 Å². The fourth-order valence-corrected chi connectivity index (χ4v) is 1.47. The zero-order valence-corrected chi connectivity index (χ0v) is 8.70. The fourth-order valence-electron chi connectivity index (χ4n) is 1.47. The number of anilines is 1. The molecule has 1 heterocycles. The lowest BCUT2D eigenvalue weighted by Gasteiger charge is -2.09. The van der Waals surface area contributed by atoms with Gasteiger partial charge in [0.2, 0.25) is 0 Å². The quantitative estimate of drug-likeness (QED) is 0.827. The summed E-state index contributed by atoms with van der Waals surface area (Å²) in [5, 5.41) is 0. The topological polar surface area (TPSA) is 38.9 Å². The highest BCUT2D eigenvalue weighted by atomic mass is 19.4. The number of pyridine rings is 1. The number of nitrogens with zero attached hydrogens (tertiary/aromatic N) is 1. The Morgan fingerprint density at radius 2 is 1.71 bits per heavy atom. The number of benzene rings is 1. The number of rotatable bonds is 1. The van der Waals surface area contributed by atoms with Crippen molar-refractivity contribution in [1.29, 1.82) is 0 Å². The van der Waals surface area contributed by atoms with Crippen LogP contribution in [-0.2, 0) is 6.18 Å². The van der Waals surface area contributed by atoms with Gasteiger partial charge in [-0.2, -0.15) is 13.2 Å². The van der Waals surface area contributed by atoms with E-state index in [1.807, 2.05) is 6.07 Å². The number of halogens is 3. The monoisotopic (exact) mass is 238 g/mol. The third-order valence-corrected chi connectivity index (χ3v) is 2.29. The van der Waals surface area contributed by atoms with Crippen LogP contribution in [-0.4, -0.2) is 4.98 Å². The Kier molecular flexibility index (Phi) is 2.75. The van der Waals surface area contributed by atoms with Crippen LogP contribution in [0.1, 0.15) is 5.56 Å². The molecule has 0 aliphatic rings. The lowest BCUT2D eigenvalue weighted by atomic mass is 10.1. The molecule has 1 aromatic heterocycles. The smallest absolute Gasteiger partial charge is 0.397 e. The van der Waals surface area contributed by atoms with Crippen molar-refractivity contribution in [2.24, 2.45) is 0 Å². The zero-order valence-electron chi connectivity index (χ0n) is 8.70. The number of hydrogen-bond donors (Lipinski definition) is 1. The summed E-state index contributed by atoms with van der Waals surface area (Å²) >= 11 is 0. The van der Waals surface area contributed by atoms with E-state index >= 15 is 0 Å². The Bertz CT molecular complexity index is 521. The van der Waals surface area contributed by atoms with Gasteiger partial charge in [-0.05, 0) is 6.07 Å². The van der Waals surface area contributed by atoms with E-state index in [4.69, 9.17) is 5.73 Å². The SMILES string of the molecule is Nc1cc(C(F)(F)F)cnc1-c1ccccc1. The van der Waals surface area contributed by atoms with Gasteiger partial charge in [-0.1, -0.05) is 30.3 Å². The Morgan fingerprint density at radius 3 is 2.24 bits per heavy atom. The molecule has 0 atom stereocenters. The molecule has 17 heavy (non-hydrogen) atoms. The molecule has 0 saturated carbocycles. The van der Waals surface area contributed by atoms with Crippen molar-refractivity contribution in [2.45, 2.75) is 6.18 Å². The number of alkyl halides is 3. The summed E-state index contributed by atoms with van der Waals surface area (Å²) in [6.07, 6.45) is -3.63. The standard InChI is InChI=1S/C12H9F3N2/c13-12(14,15)9-6-10(16)11(17-7-9)8-4-2-1-3-5-8/h1-7H,16H2. The minimum absolute atomic E-state index is 0.0195. The zero-order chi connectivity index (χ0) is 12.5. The van der Waals surface area contributed by atoms with Crippen molar-refractivity contribution in [1.82, 2.24) is 4.98 Å². The molecule has 0 fully saturated rings. The fraction of sp³-hybridized carbons (Fsp3) is 0.0833. The first-order valence-corrected chi connectivity index (χ1v) is 4.86. The van der Waals surface area contributed by atoms with Crippen molar-refractivity contribution in [3.63, 3.8) is 0 Å². The van der Waals surface area contributed by atoms with Gasteiger partial charge in [0.1, 0.15) is 0 Å². The number of nitrogens with two attached hydrogens (primary N) is 1. The summed E-state index contributed by atoms with van der Waals surface area (Å²) in [6.45, 7) is 0. The highest BCUT2D eigenvalue weighted by Gasteiger charge is 2.31. The first-order valence-electron chi connectivity index (χ1n) is 4.86. The van der Waals surface area contributed by atoms with Crippen LogP contribution in [0.25, 0.3) is 11.3 Å². The second-order valence-corrected chi connectivity index (χ2v) is 3.53. The minimum atomic E-state index is -4.42. The summed E-state index contributed by atoms with van der Waals surface area (Å²) < 4.78 is 37.2. The number of nitrogen functional groups attached to an aromatic ring is 1. The van der Waals surface area contributed by atoms with E-state index in [0.717, 1.165) is 12.3 Å². The summed E-state index contributed by atoms with van der Waals surface area (Å²) in [5.41, 5.74) is 5.82. The third-order valence-electron chi connectivity index (χ3n) is 2.29. The van der Waals surface area contributed by atoms with Crippen molar-refractivity contribution >= 4 is 5.69 Å². The van der Waals surface area contributed by atoms with Crippen LogP contribution in [0.2, 0.25) is 0 Å². The molecule has 0 aliphatic heterocycles. The van der Waals surface area contributed by atoms with Gasteiger partial charge in [-0.25, -0.2) is 0 Å². The molecular weight excluding hydrogens is 229 g/mol. The van der Waals surface area contributed by atoms with Gasteiger partial charge in [-0.3, -0.25) is 4.98 Å². The van der Waals surface area contributed by atoms with E-state index in [1.165, 1.54) is 0 Å². The molecule has 0 unspecified atom stereocenters. The first-order chi connectivity index (χ1) is 7.98. The summed E-state index contributed by atoms with van der Waals surface area (Å²) in [5.74, 6) is 0. The second-order valence-electron chi connectivity index (χ2n) is 3.53. The molecule has 2 N–H and O–H groups in total. The maximum absolute atomic E-state index is 12.4. The van der Waals surface area contributed by atoms with Crippen LogP contribution in [0, 0.1) is 0 Å². The average Bonchev–Trinajstić information content (AvgIpc) is 2.29. The van der Waals surface area contributed by atoms with E-state index in [0.29, 0.717) is 11.3 Å². The van der Waals surface area contributed by atoms with Crippen LogP contribution < -0.4 is 5.73 Å². The maximum atomic E-state index is 12.4. The van der Waals surface area contributed by atoms with E-state index in [-0.39, 0.29) is 5.69 Å². The Morgan fingerprint density at radius 1 is 1.06 bits per heavy atom. The predicted octanol–water partition coefficient (Wildman–Crippen LogP) is 3.35. The van der Waals surface area contributed by atoms with Crippen LogP contribution in [0.15, 0.2) is 42.6 Å². The highest BCUT2D eigenvalue weighted by Crippen LogP contribution is 2.32. The van der Waals surface area contributed by atoms with E-state index in [1.54, 1.807) is 24.3 Å². The minimum Gasteiger partial charge on any atom is -0.397 e. The van der Waals surface area contributed by atoms with E-state index in [2.05, 4.69) is 4.98 Å². The van der Waals surface area contributed by atoms with Crippen molar-refractivity contribution in [3.05, 3.63) is 48.2 Å². The largest absolute Gasteiger partial charge is 0.417 e. The molecule has 0 radical (unpaired) electrons. The molecule has 88 valence electrons. The molecule has 2 rings (SSSR count). The predicted molar refractivity (Wildman–Crippen MR) is 59.1 cm³/mol. The van der Waals surface area contributed by atoms with E-state index in [9.17, 15) is 13.2 Å². The molecule has 2 nitrogen and oxygen atoms in total. The highest BCUT2D eigenvalue weighted by molar-refractivity contribution is 5.72. The van der Waals surface area contributed by atoms with Crippen molar-refractivity contribution < 1.29 is 13.2 Å². The molecule has 5 heteroatoms. The maximum Gasteiger partial charge on any atom is 0.417 e. The lowest BCUT2D eigenvalue weighted by Crippen LogP contribution is -2.07. The van der Waals surface area contributed by atoms with Crippen LogP contribution in [0.5, 0.6) is 0 Å². The molecule has 0 aliphatic carbocycles. The van der Waals surface area contributed by atoms with Crippen molar-refractivity contribution in [2.75, 3.05) is 5.73 Å². The van der Waals surface area contributed by atoms with Crippen LogP contribution in [0.3, 0.4) is 0 Å².